The summed E-state index contributed by atoms with van der Waals surface area (Å²) < 4.78 is 40.7. The summed E-state index contributed by atoms with van der Waals surface area (Å²) in [6, 6.07) is 4.38. The summed E-state index contributed by atoms with van der Waals surface area (Å²) in [4.78, 5) is 3.95. The molecule has 0 saturated carbocycles. The summed E-state index contributed by atoms with van der Waals surface area (Å²) >= 11 is 0. The van der Waals surface area contributed by atoms with Crippen molar-refractivity contribution in [1.29, 1.82) is 0 Å². The molecule has 0 aliphatic carbocycles. The number of hydrogen-bond acceptors (Lipinski definition) is 3. The van der Waals surface area contributed by atoms with E-state index < -0.39 is 14.9 Å². The van der Waals surface area contributed by atoms with Gasteiger partial charge < -0.3 is 9.13 Å². The van der Waals surface area contributed by atoms with Crippen molar-refractivity contribution in [2.45, 2.75) is 11.4 Å². The molecule has 2 heterocycles. The first-order valence-electron chi connectivity index (χ1n) is 6.06. The van der Waals surface area contributed by atoms with E-state index >= 15 is 0 Å². The summed E-state index contributed by atoms with van der Waals surface area (Å²) in [7, 11) is 3.20. The lowest BCUT2D eigenvalue weighted by molar-refractivity contribution is 0.607. The van der Waals surface area contributed by atoms with Crippen molar-refractivity contribution < 1.29 is 12.8 Å². The number of hydrogen-bond donors (Lipinski definition) is 0. The number of benzene rings is 1. The van der Waals surface area contributed by atoms with E-state index in [1.54, 1.807) is 27.6 Å². The fraction of sp³-hybridized carbons (Fsp3) is 0.154. The quantitative estimate of drug-likeness (QED) is 0.694. The summed E-state index contributed by atoms with van der Waals surface area (Å²) in [5.41, 5.74) is 0.456. The highest BCUT2D eigenvalue weighted by atomic mass is 35.7. The first-order valence-corrected chi connectivity index (χ1v) is 8.37. The molecule has 0 unspecified atom stereocenters. The average molecular weight is 328 g/mol. The van der Waals surface area contributed by atoms with Crippen molar-refractivity contribution in [1.82, 2.24) is 14.1 Å². The SMILES string of the molecule is Cn1ccnc1Cn1cc(S(=O)(=O)Cl)c2c(F)cccc21. The maximum absolute atomic E-state index is 14.0. The molecule has 0 fully saturated rings. The van der Waals surface area contributed by atoms with Crippen LogP contribution in [0.1, 0.15) is 5.82 Å². The van der Waals surface area contributed by atoms with E-state index in [1.165, 1.54) is 18.3 Å². The van der Waals surface area contributed by atoms with Crippen LogP contribution in [-0.4, -0.2) is 22.5 Å². The van der Waals surface area contributed by atoms with Crippen LogP contribution < -0.4 is 0 Å². The molecule has 0 spiro atoms. The Hall–Kier alpha value is -1.86. The second-order valence-corrected chi connectivity index (χ2v) is 7.18. The topological polar surface area (TPSA) is 56.9 Å². The highest BCUT2D eigenvalue weighted by Crippen LogP contribution is 2.30. The molecule has 1 aromatic carbocycles. The summed E-state index contributed by atoms with van der Waals surface area (Å²) in [5.74, 6) is 0.0972. The molecular weight excluding hydrogens is 317 g/mol. The van der Waals surface area contributed by atoms with Gasteiger partial charge in [-0.2, -0.15) is 0 Å². The maximum Gasteiger partial charge on any atom is 0.263 e. The van der Waals surface area contributed by atoms with Crippen LogP contribution in [0.3, 0.4) is 0 Å². The molecule has 3 rings (SSSR count). The van der Waals surface area contributed by atoms with E-state index in [-0.39, 0.29) is 10.3 Å². The fourth-order valence-electron chi connectivity index (χ4n) is 2.29. The Bertz CT molecular complexity index is 930. The molecule has 8 heteroatoms. The Morgan fingerprint density at radius 3 is 2.76 bits per heavy atom. The van der Waals surface area contributed by atoms with E-state index in [2.05, 4.69) is 4.98 Å². The van der Waals surface area contributed by atoms with E-state index in [9.17, 15) is 12.8 Å². The molecule has 21 heavy (non-hydrogen) atoms. The summed E-state index contributed by atoms with van der Waals surface area (Å²) in [5, 5.41) is 0.00158. The number of rotatable bonds is 3. The van der Waals surface area contributed by atoms with Gasteiger partial charge in [-0.1, -0.05) is 6.07 Å². The van der Waals surface area contributed by atoms with Crippen LogP contribution in [0.25, 0.3) is 10.9 Å². The Morgan fingerprint density at radius 2 is 2.14 bits per heavy atom. The molecule has 0 bridgehead atoms. The van der Waals surface area contributed by atoms with Gasteiger partial charge in [-0.05, 0) is 12.1 Å². The normalized spacial score (nSPS) is 12.1. The van der Waals surface area contributed by atoms with Crippen molar-refractivity contribution in [3.05, 3.63) is 48.4 Å². The molecule has 0 N–H and O–H groups in total. The zero-order valence-corrected chi connectivity index (χ0v) is 12.6. The van der Waals surface area contributed by atoms with Crippen molar-refractivity contribution in [2.24, 2.45) is 7.05 Å². The van der Waals surface area contributed by atoms with Crippen molar-refractivity contribution >= 4 is 30.6 Å². The molecular formula is C13H11ClFN3O2S. The minimum atomic E-state index is -4.04. The van der Waals surface area contributed by atoms with Crippen LogP contribution in [-0.2, 0) is 22.6 Å². The molecule has 5 nitrogen and oxygen atoms in total. The van der Waals surface area contributed by atoms with Crippen LogP contribution in [0.2, 0.25) is 0 Å². The van der Waals surface area contributed by atoms with Crippen molar-refractivity contribution in [2.75, 3.05) is 0 Å². The van der Waals surface area contributed by atoms with Gasteiger partial charge in [0.25, 0.3) is 9.05 Å². The van der Waals surface area contributed by atoms with Gasteiger partial charge >= 0.3 is 0 Å². The minimum Gasteiger partial charge on any atom is -0.338 e. The molecule has 0 aliphatic rings. The zero-order valence-electron chi connectivity index (χ0n) is 11.0. The number of nitrogens with zero attached hydrogens (tertiary/aromatic N) is 3. The third-order valence-electron chi connectivity index (χ3n) is 3.32. The molecule has 2 aromatic heterocycles. The van der Waals surface area contributed by atoms with Gasteiger partial charge in [-0.15, -0.1) is 0 Å². The number of imidazole rings is 1. The zero-order chi connectivity index (χ0) is 15.2. The summed E-state index contributed by atoms with van der Waals surface area (Å²) in [6.45, 7) is 0.315. The number of fused-ring (bicyclic) bond motifs is 1. The predicted molar refractivity (Wildman–Crippen MR) is 77.2 cm³/mol. The number of aryl methyl sites for hydroxylation is 1. The molecule has 110 valence electrons. The minimum absolute atomic E-state index is 0.00158. The first-order chi connectivity index (χ1) is 9.88. The smallest absolute Gasteiger partial charge is 0.263 e. The predicted octanol–water partition coefficient (Wildman–Crippen LogP) is 2.49. The average Bonchev–Trinajstić information content (AvgIpc) is 2.96. The van der Waals surface area contributed by atoms with Gasteiger partial charge in [0.15, 0.2) is 0 Å². The molecule has 0 atom stereocenters. The van der Waals surface area contributed by atoms with Crippen LogP contribution in [0.5, 0.6) is 0 Å². The van der Waals surface area contributed by atoms with E-state index in [0.29, 0.717) is 12.1 Å². The van der Waals surface area contributed by atoms with Gasteiger partial charge in [0.2, 0.25) is 0 Å². The molecule has 3 aromatic rings. The van der Waals surface area contributed by atoms with Gasteiger partial charge in [-0.25, -0.2) is 17.8 Å². The van der Waals surface area contributed by atoms with Gasteiger partial charge in [-0.3, -0.25) is 0 Å². The van der Waals surface area contributed by atoms with Crippen LogP contribution in [0.15, 0.2) is 41.7 Å². The molecule has 0 amide bonds. The lowest BCUT2D eigenvalue weighted by atomic mass is 10.2. The van der Waals surface area contributed by atoms with E-state index in [0.717, 1.165) is 5.82 Å². The third kappa shape index (κ3) is 2.43. The monoisotopic (exact) mass is 327 g/mol. The van der Waals surface area contributed by atoms with Crippen molar-refractivity contribution in [3.63, 3.8) is 0 Å². The Labute approximate surface area is 125 Å². The Morgan fingerprint density at radius 1 is 1.38 bits per heavy atom. The lowest BCUT2D eigenvalue weighted by Gasteiger charge is -2.05. The van der Waals surface area contributed by atoms with E-state index in [4.69, 9.17) is 10.7 Å². The lowest BCUT2D eigenvalue weighted by Crippen LogP contribution is -2.04. The van der Waals surface area contributed by atoms with Gasteiger partial charge in [0.05, 0.1) is 17.4 Å². The highest BCUT2D eigenvalue weighted by molar-refractivity contribution is 8.14. The van der Waals surface area contributed by atoms with Gasteiger partial charge in [0.1, 0.15) is 16.5 Å². The second kappa shape index (κ2) is 4.85. The first kappa shape index (κ1) is 14.1. The highest BCUT2D eigenvalue weighted by Gasteiger charge is 2.22. The Kier molecular flexibility index (Phi) is 3.26. The van der Waals surface area contributed by atoms with E-state index in [1.807, 2.05) is 7.05 Å². The fourth-order valence-corrected chi connectivity index (χ4v) is 3.34. The standard InChI is InChI=1S/C13H11ClFN3O2S/c1-17-6-5-16-12(17)8-18-7-11(21(14,19)20)13-9(15)3-2-4-10(13)18/h2-7H,8H2,1H3. The maximum atomic E-state index is 14.0. The third-order valence-corrected chi connectivity index (χ3v) is 4.65. The van der Waals surface area contributed by atoms with Crippen LogP contribution in [0, 0.1) is 5.82 Å². The summed E-state index contributed by atoms with van der Waals surface area (Å²) in [6.07, 6.45) is 4.76. The molecule has 0 radical (unpaired) electrons. The Balaban J connectivity index is 2.25. The van der Waals surface area contributed by atoms with Crippen LogP contribution >= 0.6 is 10.7 Å². The molecule has 0 saturated heterocycles. The second-order valence-electron chi connectivity index (χ2n) is 4.65. The largest absolute Gasteiger partial charge is 0.338 e. The number of aromatic nitrogens is 3. The molecule has 0 aliphatic heterocycles. The van der Waals surface area contributed by atoms with Crippen LogP contribution in [0.4, 0.5) is 4.39 Å². The van der Waals surface area contributed by atoms with Gasteiger partial charge in [0, 0.05) is 36.3 Å². The van der Waals surface area contributed by atoms with Crippen molar-refractivity contribution in [3.8, 4) is 0 Å². The number of halogens is 2.